The van der Waals surface area contributed by atoms with Crippen LogP contribution in [0.25, 0.3) is 11.6 Å². The van der Waals surface area contributed by atoms with Crippen LogP contribution in [0.1, 0.15) is 21.7 Å². The van der Waals surface area contributed by atoms with Crippen molar-refractivity contribution in [3.63, 3.8) is 0 Å². The monoisotopic (exact) mass is 259 g/mol. The fraction of sp³-hybridized carbons (Fsp3) is 0.333. The van der Waals surface area contributed by atoms with Crippen molar-refractivity contribution in [3.8, 4) is 11.6 Å². The lowest BCUT2D eigenvalue weighted by atomic mass is 10.2. The number of nitrogens with one attached hydrogen (secondary N) is 1. The molecule has 0 aromatic carbocycles. The Morgan fingerprint density at radius 2 is 2.26 bits per heavy atom. The zero-order chi connectivity index (χ0) is 13.4. The molecular weight excluding hydrogens is 246 g/mol. The Balaban J connectivity index is 2.18. The number of esters is 1. The third kappa shape index (κ3) is 1.88. The Hall–Kier alpha value is -2.28. The van der Waals surface area contributed by atoms with Crippen LogP contribution in [0.4, 0.5) is 0 Å². The van der Waals surface area contributed by atoms with E-state index in [1.807, 2.05) is 17.8 Å². The van der Waals surface area contributed by atoms with Gasteiger partial charge in [-0.2, -0.15) is 0 Å². The van der Waals surface area contributed by atoms with E-state index in [2.05, 4.69) is 20.3 Å². The lowest BCUT2D eigenvalue weighted by Gasteiger charge is -2.07. The average molecular weight is 259 g/mol. The number of aryl methyl sites for hydroxylation is 1. The van der Waals surface area contributed by atoms with Gasteiger partial charge in [-0.3, -0.25) is 0 Å². The topological polar surface area (TPSA) is 81.9 Å². The molecule has 1 aliphatic heterocycles. The summed E-state index contributed by atoms with van der Waals surface area (Å²) in [5.41, 5.74) is 1.95. The predicted molar refractivity (Wildman–Crippen MR) is 66.1 cm³/mol. The highest BCUT2D eigenvalue weighted by Crippen LogP contribution is 2.21. The zero-order valence-electron chi connectivity index (χ0n) is 10.7. The molecular formula is C12H13N5O2. The second kappa shape index (κ2) is 4.43. The minimum atomic E-state index is -0.446. The molecule has 0 unspecified atom stereocenters. The van der Waals surface area contributed by atoms with Crippen molar-refractivity contribution in [2.75, 3.05) is 7.11 Å². The number of hydrogen-bond acceptors (Lipinski definition) is 6. The van der Waals surface area contributed by atoms with Crippen molar-refractivity contribution >= 4 is 5.97 Å². The van der Waals surface area contributed by atoms with Crippen LogP contribution in [-0.4, -0.2) is 32.6 Å². The first-order chi connectivity index (χ1) is 9.20. The van der Waals surface area contributed by atoms with E-state index in [1.165, 1.54) is 7.11 Å². The molecule has 0 spiro atoms. The van der Waals surface area contributed by atoms with E-state index in [9.17, 15) is 4.79 Å². The minimum Gasteiger partial charge on any atom is -0.464 e. The van der Waals surface area contributed by atoms with Crippen molar-refractivity contribution in [2.24, 2.45) is 7.05 Å². The molecule has 0 saturated carbocycles. The summed E-state index contributed by atoms with van der Waals surface area (Å²) in [6.45, 7) is 1.21. The van der Waals surface area contributed by atoms with Gasteiger partial charge in [0.25, 0.3) is 0 Å². The zero-order valence-corrected chi connectivity index (χ0v) is 10.7. The summed E-state index contributed by atoms with van der Waals surface area (Å²) in [6, 6.07) is 0. The maximum absolute atomic E-state index is 11.8. The number of fused-ring (bicyclic) bond motifs is 1. The van der Waals surface area contributed by atoms with Gasteiger partial charge < -0.3 is 14.6 Å². The molecule has 0 aliphatic carbocycles. The van der Waals surface area contributed by atoms with Gasteiger partial charge in [-0.05, 0) is 0 Å². The van der Waals surface area contributed by atoms with Crippen LogP contribution >= 0.6 is 0 Å². The SMILES string of the molecule is COC(=O)c1nc(-c2nccn2C)nc2c1CNC2. The number of methoxy groups -OCH3 is 1. The van der Waals surface area contributed by atoms with Gasteiger partial charge in [0.2, 0.25) is 0 Å². The molecule has 2 aromatic heterocycles. The van der Waals surface area contributed by atoms with Crippen LogP contribution in [0.5, 0.6) is 0 Å². The van der Waals surface area contributed by atoms with Gasteiger partial charge in [0, 0.05) is 38.1 Å². The lowest BCUT2D eigenvalue weighted by molar-refractivity contribution is 0.0592. The Morgan fingerprint density at radius 3 is 2.95 bits per heavy atom. The summed E-state index contributed by atoms with van der Waals surface area (Å²) < 4.78 is 6.59. The van der Waals surface area contributed by atoms with E-state index in [1.54, 1.807) is 6.20 Å². The highest BCUT2D eigenvalue weighted by molar-refractivity contribution is 5.89. The van der Waals surface area contributed by atoms with Gasteiger partial charge in [0.15, 0.2) is 17.3 Å². The molecule has 7 heteroatoms. The van der Waals surface area contributed by atoms with Crippen LogP contribution in [0, 0.1) is 0 Å². The second-order valence-electron chi connectivity index (χ2n) is 4.28. The number of rotatable bonds is 2. The third-order valence-corrected chi connectivity index (χ3v) is 3.09. The van der Waals surface area contributed by atoms with Crippen LogP contribution in [0.2, 0.25) is 0 Å². The fourth-order valence-electron chi connectivity index (χ4n) is 2.11. The van der Waals surface area contributed by atoms with E-state index >= 15 is 0 Å². The highest BCUT2D eigenvalue weighted by atomic mass is 16.5. The summed E-state index contributed by atoms with van der Waals surface area (Å²) in [7, 11) is 3.20. The van der Waals surface area contributed by atoms with E-state index in [4.69, 9.17) is 4.74 Å². The van der Waals surface area contributed by atoms with Gasteiger partial charge in [-0.1, -0.05) is 0 Å². The van der Waals surface area contributed by atoms with Crippen molar-refractivity contribution in [1.82, 2.24) is 24.8 Å². The van der Waals surface area contributed by atoms with Gasteiger partial charge >= 0.3 is 5.97 Å². The van der Waals surface area contributed by atoms with Gasteiger partial charge in [0.05, 0.1) is 12.8 Å². The Kier molecular flexibility index (Phi) is 2.75. The first kappa shape index (κ1) is 11.8. The normalized spacial score (nSPS) is 13.4. The first-order valence-corrected chi connectivity index (χ1v) is 5.87. The number of aromatic nitrogens is 4. The summed E-state index contributed by atoms with van der Waals surface area (Å²) in [4.78, 5) is 24.8. The molecule has 0 fully saturated rings. The molecule has 7 nitrogen and oxygen atoms in total. The molecule has 0 amide bonds. The molecule has 0 radical (unpaired) electrons. The van der Waals surface area contributed by atoms with Crippen LogP contribution in [-0.2, 0) is 24.9 Å². The molecule has 0 saturated heterocycles. The molecule has 0 bridgehead atoms. The first-order valence-electron chi connectivity index (χ1n) is 5.87. The number of ether oxygens (including phenoxy) is 1. The minimum absolute atomic E-state index is 0.315. The maximum Gasteiger partial charge on any atom is 0.357 e. The van der Waals surface area contributed by atoms with Gasteiger partial charge in [-0.25, -0.2) is 19.7 Å². The smallest absolute Gasteiger partial charge is 0.357 e. The van der Waals surface area contributed by atoms with E-state index < -0.39 is 5.97 Å². The Morgan fingerprint density at radius 1 is 1.42 bits per heavy atom. The van der Waals surface area contributed by atoms with Crippen LogP contribution in [0.3, 0.4) is 0 Å². The van der Waals surface area contributed by atoms with E-state index in [0.717, 1.165) is 11.3 Å². The summed E-state index contributed by atoms with van der Waals surface area (Å²) in [5, 5.41) is 3.16. The maximum atomic E-state index is 11.8. The number of carbonyl (C=O) groups is 1. The predicted octanol–water partition coefficient (Wildman–Crippen LogP) is 0.267. The number of nitrogens with zero attached hydrogens (tertiary/aromatic N) is 4. The van der Waals surface area contributed by atoms with Crippen LogP contribution in [0.15, 0.2) is 12.4 Å². The lowest BCUT2D eigenvalue weighted by Crippen LogP contribution is -2.12. The van der Waals surface area contributed by atoms with Gasteiger partial charge in [-0.15, -0.1) is 0 Å². The number of imidazole rings is 1. The largest absolute Gasteiger partial charge is 0.464 e. The van der Waals surface area contributed by atoms with E-state index in [-0.39, 0.29) is 0 Å². The quantitative estimate of drug-likeness (QED) is 0.779. The fourth-order valence-corrected chi connectivity index (χ4v) is 2.11. The molecule has 1 aliphatic rings. The van der Waals surface area contributed by atoms with Crippen molar-refractivity contribution in [2.45, 2.75) is 13.1 Å². The molecule has 0 atom stereocenters. The Bertz CT molecular complexity index is 650. The molecule has 2 aromatic rings. The Labute approximate surface area is 109 Å². The standard InChI is InChI=1S/C12H13N5O2/c1-17-4-3-14-11(17)10-15-8-6-13-5-7(8)9(16-10)12(18)19-2/h3-4,13H,5-6H2,1-2H3. The third-order valence-electron chi connectivity index (χ3n) is 3.09. The average Bonchev–Trinajstić information content (AvgIpc) is 3.04. The van der Waals surface area contributed by atoms with Gasteiger partial charge in [0.1, 0.15) is 0 Å². The second-order valence-corrected chi connectivity index (χ2v) is 4.28. The van der Waals surface area contributed by atoms with Crippen LogP contribution < -0.4 is 5.32 Å². The molecule has 3 heterocycles. The summed E-state index contributed by atoms with van der Waals surface area (Å²) in [6.07, 6.45) is 3.48. The molecule has 19 heavy (non-hydrogen) atoms. The van der Waals surface area contributed by atoms with Crippen molar-refractivity contribution < 1.29 is 9.53 Å². The number of hydrogen-bond donors (Lipinski definition) is 1. The summed E-state index contributed by atoms with van der Waals surface area (Å²) in [5.74, 6) is 0.619. The van der Waals surface area contributed by atoms with Crippen molar-refractivity contribution in [1.29, 1.82) is 0 Å². The molecule has 1 N–H and O–H groups in total. The van der Waals surface area contributed by atoms with E-state index in [0.29, 0.717) is 30.4 Å². The molecule has 98 valence electrons. The van der Waals surface area contributed by atoms with Crippen molar-refractivity contribution in [3.05, 3.63) is 29.3 Å². The molecule has 3 rings (SSSR count). The summed E-state index contributed by atoms with van der Waals surface area (Å²) >= 11 is 0. The number of carbonyl (C=O) groups excluding carboxylic acids is 1. The highest BCUT2D eigenvalue weighted by Gasteiger charge is 2.25.